The monoisotopic (exact) mass is 539 g/mol. The molecule has 0 bridgehead atoms. The molecule has 37 heavy (non-hydrogen) atoms. The molecule has 1 aliphatic heterocycles. The molecule has 2 aromatic rings. The highest BCUT2D eigenvalue weighted by molar-refractivity contribution is 6.17. The van der Waals surface area contributed by atoms with Crippen molar-refractivity contribution < 1.29 is 27.4 Å². The van der Waals surface area contributed by atoms with Gasteiger partial charge in [0.15, 0.2) is 0 Å². The first kappa shape index (κ1) is 28.1. The molecule has 1 saturated heterocycles. The molecule has 3 rings (SSSR count). The number of nitrogens with one attached hydrogen (secondary N) is 1. The van der Waals surface area contributed by atoms with Crippen LogP contribution in [-0.4, -0.2) is 48.7 Å². The van der Waals surface area contributed by atoms with Crippen LogP contribution in [0.4, 0.5) is 18.9 Å². The van der Waals surface area contributed by atoms with Crippen LogP contribution in [0.25, 0.3) is 5.70 Å². The molecule has 12 heteroatoms. The van der Waals surface area contributed by atoms with Gasteiger partial charge in [0.25, 0.3) is 5.91 Å². The Morgan fingerprint density at radius 3 is 2.59 bits per heavy atom. The van der Waals surface area contributed by atoms with Crippen molar-refractivity contribution >= 4 is 28.9 Å². The highest BCUT2D eigenvalue weighted by atomic mass is 35.5. The number of aryl methyl sites for hydroxylation is 1. The number of benzene rings is 1. The fourth-order valence-electron chi connectivity index (χ4n) is 3.77. The predicted octanol–water partition coefficient (Wildman–Crippen LogP) is 4.20. The second-order valence-corrected chi connectivity index (χ2v) is 8.46. The lowest BCUT2D eigenvalue weighted by atomic mass is 10.0. The number of carbonyl (C=O) groups is 1. The van der Waals surface area contributed by atoms with Crippen LogP contribution < -0.4 is 16.8 Å². The second kappa shape index (κ2) is 12.2. The average Bonchev–Trinajstić information content (AvgIpc) is 2.87. The van der Waals surface area contributed by atoms with Gasteiger partial charge in [-0.3, -0.25) is 9.78 Å². The summed E-state index contributed by atoms with van der Waals surface area (Å²) in [7, 11) is 0. The minimum Gasteiger partial charge on any atom is -0.478 e. The van der Waals surface area contributed by atoms with Gasteiger partial charge in [-0.1, -0.05) is 6.07 Å². The van der Waals surface area contributed by atoms with Gasteiger partial charge in [-0.2, -0.15) is 13.2 Å². The molecule has 1 amide bonds. The zero-order chi connectivity index (χ0) is 27.2. The first-order valence-corrected chi connectivity index (χ1v) is 12.1. The number of carbonyl (C=O) groups excluding carboxylic acids is 1. The molecule has 1 aromatic heterocycles. The number of nitrogens with zero attached hydrogens (tertiary/aromatic N) is 2. The molecule has 0 radical (unpaired) electrons. The Labute approximate surface area is 218 Å². The zero-order valence-electron chi connectivity index (χ0n) is 20.5. The third-order valence-corrected chi connectivity index (χ3v) is 5.96. The third-order valence-electron chi connectivity index (χ3n) is 5.67. The van der Waals surface area contributed by atoms with Gasteiger partial charge in [0, 0.05) is 41.5 Å². The van der Waals surface area contributed by atoms with Crippen LogP contribution in [-0.2, 0) is 21.5 Å². The van der Waals surface area contributed by atoms with Crippen LogP contribution in [0.15, 0.2) is 48.1 Å². The number of allylic oxidation sites excluding steroid dienone is 1. The molecule has 0 saturated carbocycles. The number of aromatic nitrogens is 1. The summed E-state index contributed by atoms with van der Waals surface area (Å²) in [5, 5.41) is 2.58. The Balaban J connectivity index is 1.90. The number of hydrogen-bond acceptors (Lipinski definition) is 7. The van der Waals surface area contributed by atoms with E-state index in [-0.39, 0.29) is 28.6 Å². The maximum atomic E-state index is 13.4. The molecule has 0 aliphatic carbocycles. The lowest BCUT2D eigenvalue weighted by molar-refractivity contribution is -0.138. The molecule has 200 valence electrons. The van der Waals surface area contributed by atoms with Gasteiger partial charge < -0.3 is 31.2 Å². The van der Waals surface area contributed by atoms with Crippen molar-refractivity contribution in [3.8, 4) is 0 Å². The molecule has 0 unspecified atom stereocenters. The Kier molecular flexibility index (Phi) is 9.28. The molecule has 5 N–H and O–H groups in total. The fraction of sp³-hybridized carbons (Fsp3) is 0.360. The number of pyridine rings is 1. The summed E-state index contributed by atoms with van der Waals surface area (Å²) < 4.78 is 51.1. The lowest BCUT2D eigenvalue weighted by Crippen LogP contribution is -2.37. The second-order valence-electron chi connectivity index (χ2n) is 8.20. The van der Waals surface area contributed by atoms with Crippen molar-refractivity contribution in [2.45, 2.75) is 25.9 Å². The first-order chi connectivity index (χ1) is 17.5. The predicted molar refractivity (Wildman–Crippen MR) is 135 cm³/mol. The molecular weight excluding hydrogens is 511 g/mol. The highest BCUT2D eigenvalue weighted by Crippen LogP contribution is 2.33. The van der Waals surface area contributed by atoms with Crippen molar-refractivity contribution in [1.82, 2.24) is 9.88 Å². The summed E-state index contributed by atoms with van der Waals surface area (Å²) in [4.78, 5) is 19.0. The van der Waals surface area contributed by atoms with Gasteiger partial charge in [0.1, 0.15) is 0 Å². The molecular formula is C25H29ClF3N5O3. The van der Waals surface area contributed by atoms with Gasteiger partial charge >= 0.3 is 6.18 Å². The Morgan fingerprint density at radius 1 is 1.27 bits per heavy atom. The quantitative estimate of drug-likeness (QED) is 0.261. The van der Waals surface area contributed by atoms with Crippen molar-refractivity contribution in [2.75, 3.05) is 38.2 Å². The summed E-state index contributed by atoms with van der Waals surface area (Å²) in [5.74, 6) is -0.856. The number of amides is 1. The summed E-state index contributed by atoms with van der Waals surface area (Å²) in [6.45, 7) is 6.19. The minimum atomic E-state index is -4.65. The van der Waals surface area contributed by atoms with Crippen LogP contribution in [0, 0.1) is 6.92 Å². The van der Waals surface area contributed by atoms with E-state index in [1.54, 1.807) is 19.1 Å². The number of hydrogen-bond donors (Lipinski definition) is 3. The Morgan fingerprint density at radius 2 is 1.97 bits per heavy atom. The van der Waals surface area contributed by atoms with Gasteiger partial charge in [-0.15, -0.1) is 11.6 Å². The summed E-state index contributed by atoms with van der Waals surface area (Å²) in [6, 6.07) is 4.85. The molecule has 0 spiro atoms. The van der Waals surface area contributed by atoms with E-state index < -0.39 is 17.6 Å². The highest BCUT2D eigenvalue weighted by Gasteiger charge is 2.33. The number of halogens is 4. The van der Waals surface area contributed by atoms with Crippen LogP contribution in [0.5, 0.6) is 0 Å². The standard InChI is InChI=1S/C25H29ClF3N5O3/c1-3-37-23(31)22(34-6-8-36-9-7-34)12-21(30)19-11-18(14-32-15(19)2)33-24(35)16-4-5-17(13-26)20(10-16)25(27,28)29/h4-5,10-12,14H,3,6-9,13,30-31H2,1-2H3,(H,33,35)/b21-12-,23-22-. The maximum Gasteiger partial charge on any atom is 0.416 e. The van der Waals surface area contributed by atoms with E-state index in [0.717, 1.165) is 6.07 Å². The van der Waals surface area contributed by atoms with E-state index in [1.165, 1.54) is 18.3 Å². The van der Waals surface area contributed by atoms with Crippen LogP contribution in [0.3, 0.4) is 0 Å². The SMILES string of the molecule is CCO/C(N)=C(/C=C(\N)c1cc(NC(=O)c2ccc(CCl)c(C(F)(F)F)c2)cnc1C)N1CCOCC1. The molecule has 1 fully saturated rings. The van der Waals surface area contributed by atoms with E-state index in [2.05, 4.69) is 10.3 Å². The number of alkyl halides is 4. The molecule has 2 heterocycles. The minimum absolute atomic E-state index is 0.113. The van der Waals surface area contributed by atoms with Crippen molar-refractivity contribution in [3.05, 3.63) is 76.1 Å². The zero-order valence-corrected chi connectivity index (χ0v) is 21.2. The van der Waals surface area contributed by atoms with Gasteiger partial charge in [-0.05, 0) is 43.7 Å². The number of rotatable bonds is 8. The van der Waals surface area contributed by atoms with Gasteiger partial charge in [0.05, 0.1) is 43.0 Å². The van der Waals surface area contributed by atoms with Crippen LogP contribution in [0.2, 0.25) is 0 Å². The maximum absolute atomic E-state index is 13.4. The van der Waals surface area contributed by atoms with E-state index in [4.69, 9.17) is 32.5 Å². The largest absolute Gasteiger partial charge is 0.478 e. The van der Waals surface area contributed by atoms with E-state index in [0.29, 0.717) is 55.6 Å². The van der Waals surface area contributed by atoms with Crippen LogP contribution >= 0.6 is 11.6 Å². The normalized spacial score (nSPS) is 15.3. The van der Waals surface area contributed by atoms with Crippen molar-refractivity contribution in [2.24, 2.45) is 11.5 Å². The Bertz CT molecular complexity index is 1190. The first-order valence-electron chi connectivity index (χ1n) is 11.5. The molecule has 0 atom stereocenters. The number of nitrogens with two attached hydrogens (primary N) is 2. The molecule has 1 aliphatic rings. The van der Waals surface area contributed by atoms with Gasteiger partial charge in [0.2, 0.25) is 5.88 Å². The number of anilines is 1. The fourth-order valence-corrected chi connectivity index (χ4v) is 4.01. The number of morpholine rings is 1. The van der Waals surface area contributed by atoms with E-state index in [1.807, 2.05) is 11.8 Å². The molecule has 8 nitrogen and oxygen atoms in total. The Hall–Kier alpha value is -3.44. The average molecular weight is 540 g/mol. The lowest BCUT2D eigenvalue weighted by Gasteiger charge is -2.30. The van der Waals surface area contributed by atoms with Crippen molar-refractivity contribution in [3.63, 3.8) is 0 Å². The number of ether oxygens (including phenoxy) is 2. The topological polar surface area (TPSA) is 116 Å². The summed E-state index contributed by atoms with van der Waals surface area (Å²) >= 11 is 5.63. The third kappa shape index (κ3) is 7.07. The molecule has 1 aromatic carbocycles. The van der Waals surface area contributed by atoms with Crippen molar-refractivity contribution in [1.29, 1.82) is 0 Å². The van der Waals surface area contributed by atoms with E-state index in [9.17, 15) is 18.0 Å². The van der Waals surface area contributed by atoms with E-state index >= 15 is 0 Å². The van der Waals surface area contributed by atoms with Gasteiger partial charge in [-0.25, -0.2) is 0 Å². The smallest absolute Gasteiger partial charge is 0.416 e. The summed E-state index contributed by atoms with van der Waals surface area (Å²) in [6.07, 6.45) is -1.57. The summed E-state index contributed by atoms with van der Waals surface area (Å²) in [5.41, 5.74) is 13.6. The van der Waals surface area contributed by atoms with Crippen LogP contribution in [0.1, 0.15) is 39.7 Å².